The Balaban J connectivity index is 2.66. The van der Waals surface area contributed by atoms with Gasteiger partial charge in [-0.05, 0) is 24.8 Å². The van der Waals surface area contributed by atoms with Crippen LogP contribution in [0.5, 0.6) is 0 Å². The molecular weight excluding hydrogens is 164 g/mol. The van der Waals surface area contributed by atoms with Crippen LogP contribution in [0.15, 0.2) is 11.8 Å². The molecule has 1 N–H and O–H groups in total. The molecule has 1 saturated carbocycles. The molecule has 62 valence electrons. The van der Waals surface area contributed by atoms with E-state index in [2.05, 4.69) is 0 Å². The van der Waals surface area contributed by atoms with Gasteiger partial charge in [0.1, 0.15) is 6.29 Å². The van der Waals surface area contributed by atoms with Crippen molar-refractivity contribution in [2.24, 2.45) is 5.92 Å². The van der Waals surface area contributed by atoms with E-state index in [0.717, 1.165) is 37.4 Å². The lowest BCUT2D eigenvalue weighted by atomic mass is 9.86. The normalized spacial score (nSPS) is 35.5. The first kappa shape index (κ1) is 8.60. The van der Waals surface area contributed by atoms with Crippen LogP contribution in [0, 0.1) is 5.92 Å². The maximum absolute atomic E-state index is 10.4. The number of aldehydes is 1. The maximum atomic E-state index is 10.4. The molecule has 0 unspecified atom stereocenters. The minimum atomic E-state index is -0.286. The monoisotopic (exact) mass is 174 g/mol. The van der Waals surface area contributed by atoms with Gasteiger partial charge in [0.25, 0.3) is 0 Å². The number of halogens is 1. The number of alkyl halides is 1. The van der Waals surface area contributed by atoms with Crippen LogP contribution in [0.1, 0.15) is 19.3 Å². The highest BCUT2D eigenvalue weighted by molar-refractivity contribution is 6.23. The lowest BCUT2D eigenvalue weighted by molar-refractivity contribution is -0.111. The molecule has 0 aromatic heterocycles. The Hall–Kier alpha value is -0.500. The van der Waals surface area contributed by atoms with Crippen LogP contribution in [0.25, 0.3) is 0 Å². The van der Waals surface area contributed by atoms with Crippen LogP contribution in [0.4, 0.5) is 0 Å². The molecule has 0 aromatic rings. The van der Waals surface area contributed by atoms with Gasteiger partial charge in [0, 0.05) is 5.92 Å². The van der Waals surface area contributed by atoms with E-state index < -0.39 is 0 Å². The summed E-state index contributed by atoms with van der Waals surface area (Å²) in [6, 6.07) is 0. The van der Waals surface area contributed by atoms with Crippen molar-refractivity contribution in [3.63, 3.8) is 0 Å². The summed E-state index contributed by atoms with van der Waals surface area (Å²) in [5.74, 6) is -0.108. The predicted molar refractivity (Wildman–Crippen MR) is 43.8 cm³/mol. The van der Waals surface area contributed by atoms with Gasteiger partial charge in [-0.1, -0.05) is 0 Å². The Labute approximate surface area is 70.9 Å². The van der Waals surface area contributed by atoms with Gasteiger partial charge < -0.3 is 9.90 Å². The first-order chi connectivity index (χ1) is 5.29. The summed E-state index contributed by atoms with van der Waals surface area (Å²) >= 11 is 5.89. The van der Waals surface area contributed by atoms with Crippen LogP contribution >= 0.6 is 11.6 Å². The fourth-order valence-corrected chi connectivity index (χ4v) is 1.72. The number of allylic oxidation sites excluding steroid dienone is 1. The summed E-state index contributed by atoms with van der Waals surface area (Å²) in [5.41, 5.74) is 0.787. The molecule has 1 fully saturated rings. The van der Waals surface area contributed by atoms with Gasteiger partial charge in [0.2, 0.25) is 0 Å². The predicted octanol–water partition coefficient (Wildman–Crippen LogP) is 2.03. The molecule has 0 spiro atoms. The summed E-state index contributed by atoms with van der Waals surface area (Å²) in [6.45, 7) is 0. The second-order valence-corrected chi connectivity index (χ2v) is 3.27. The number of carbonyl (C=O) groups is 1. The molecule has 2 atom stereocenters. The Kier molecular flexibility index (Phi) is 2.94. The number of aliphatic hydroxyl groups is 1. The highest BCUT2D eigenvalue weighted by atomic mass is 35.5. The van der Waals surface area contributed by atoms with Crippen LogP contribution in [-0.4, -0.2) is 16.8 Å². The molecule has 0 saturated heterocycles. The largest absolute Gasteiger partial charge is 0.516 e. The van der Waals surface area contributed by atoms with E-state index in [-0.39, 0.29) is 11.3 Å². The second-order valence-electron chi connectivity index (χ2n) is 2.80. The Bertz CT molecular complexity index is 177. The smallest absolute Gasteiger partial charge is 0.124 e. The summed E-state index contributed by atoms with van der Waals surface area (Å²) in [4.78, 5) is 10.4. The first-order valence-electron chi connectivity index (χ1n) is 3.72. The summed E-state index contributed by atoms with van der Waals surface area (Å²) < 4.78 is 0. The molecule has 0 radical (unpaired) electrons. The molecular formula is C8H11ClO2. The average molecular weight is 175 g/mol. The molecule has 1 rings (SSSR count). The van der Waals surface area contributed by atoms with Crippen molar-refractivity contribution in [3.05, 3.63) is 11.8 Å². The van der Waals surface area contributed by atoms with Gasteiger partial charge in [-0.2, -0.15) is 0 Å². The molecule has 0 aliphatic heterocycles. The molecule has 1 aliphatic carbocycles. The molecule has 0 bridgehead atoms. The topological polar surface area (TPSA) is 37.3 Å². The van der Waals surface area contributed by atoms with Crippen LogP contribution in [-0.2, 0) is 4.79 Å². The van der Waals surface area contributed by atoms with Crippen molar-refractivity contribution < 1.29 is 9.90 Å². The van der Waals surface area contributed by atoms with Crippen molar-refractivity contribution in [1.82, 2.24) is 0 Å². The highest BCUT2D eigenvalue weighted by Crippen LogP contribution is 2.31. The molecule has 2 nitrogen and oxygen atoms in total. The van der Waals surface area contributed by atoms with Gasteiger partial charge >= 0.3 is 0 Å². The molecule has 0 amide bonds. The molecule has 11 heavy (non-hydrogen) atoms. The molecule has 0 heterocycles. The van der Waals surface area contributed by atoms with Crippen LogP contribution in [0.3, 0.4) is 0 Å². The Morgan fingerprint density at radius 1 is 1.64 bits per heavy atom. The Morgan fingerprint density at radius 2 is 2.36 bits per heavy atom. The fourth-order valence-electron chi connectivity index (χ4n) is 1.37. The number of hydrogen-bond donors (Lipinski definition) is 1. The number of carbonyl (C=O) groups excluding carboxylic acids is 1. The van der Waals surface area contributed by atoms with Crippen molar-refractivity contribution in [2.75, 3.05) is 0 Å². The molecule has 0 aromatic carbocycles. The van der Waals surface area contributed by atoms with E-state index >= 15 is 0 Å². The summed E-state index contributed by atoms with van der Waals surface area (Å²) in [6.07, 6.45) is 4.51. The van der Waals surface area contributed by atoms with E-state index in [1.807, 2.05) is 0 Å². The third-order valence-electron chi connectivity index (χ3n) is 2.07. The van der Waals surface area contributed by atoms with Gasteiger partial charge in [-0.15, -0.1) is 11.6 Å². The molecule has 3 heteroatoms. The van der Waals surface area contributed by atoms with Crippen LogP contribution in [0.2, 0.25) is 0 Å². The van der Waals surface area contributed by atoms with Gasteiger partial charge in [-0.3, -0.25) is 0 Å². The van der Waals surface area contributed by atoms with Crippen molar-refractivity contribution in [2.45, 2.75) is 24.6 Å². The van der Waals surface area contributed by atoms with Crippen LogP contribution < -0.4 is 0 Å². The van der Waals surface area contributed by atoms with Gasteiger partial charge in [0.15, 0.2) is 0 Å². The summed E-state index contributed by atoms with van der Waals surface area (Å²) in [7, 11) is 0. The minimum absolute atomic E-state index is 0.108. The van der Waals surface area contributed by atoms with Crippen molar-refractivity contribution in [1.29, 1.82) is 0 Å². The SMILES string of the molecule is O=C[C@H]1CCC/C(=C\O)[C@@H]1Cl. The third-order valence-corrected chi connectivity index (χ3v) is 2.68. The lowest BCUT2D eigenvalue weighted by Gasteiger charge is -2.24. The van der Waals surface area contributed by atoms with E-state index in [0.29, 0.717) is 0 Å². The van der Waals surface area contributed by atoms with E-state index in [9.17, 15) is 4.79 Å². The number of rotatable bonds is 1. The quantitative estimate of drug-likeness (QED) is 0.375. The number of hydrogen-bond acceptors (Lipinski definition) is 2. The van der Waals surface area contributed by atoms with Gasteiger partial charge in [0.05, 0.1) is 11.6 Å². The highest BCUT2D eigenvalue weighted by Gasteiger charge is 2.26. The zero-order valence-electron chi connectivity index (χ0n) is 6.16. The zero-order chi connectivity index (χ0) is 8.27. The first-order valence-corrected chi connectivity index (χ1v) is 4.15. The Morgan fingerprint density at radius 3 is 2.91 bits per heavy atom. The second kappa shape index (κ2) is 3.77. The minimum Gasteiger partial charge on any atom is -0.516 e. The number of aliphatic hydroxyl groups excluding tert-OH is 1. The average Bonchev–Trinajstić information content (AvgIpc) is 2.05. The van der Waals surface area contributed by atoms with Crippen molar-refractivity contribution >= 4 is 17.9 Å². The van der Waals surface area contributed by atoms with E-state index in [1.54, 1.807) is 0 Å². The third kappa shape index (κ3) is 1.74. The fraction of sp³-hybridized carbons (Fsp3) is 0.625. The van der Waals surface area contributed by atoms with Crippen molar-refractivity contribution in [3.8, 4) is 0 Å². The maximum Gasteiger partial charge on any atom is 0.124 e. The lowest BCUT2D eigenvalue weighted by Crippen LogP contribution is -2.23. The van der Waals surface area contributed by atoms with E-state index in [1.165, 1.54) is 0 Å². The zero-order valence-corrected chi connectivity index (χ0v) is 6.92. The standard InChI is InChI=1S/C8H11ClO2/c9-8-6(4-10)2-1-3-7(8)5-11/h4-6,8,11H,1-3H2/b7-5+/t6-,8-/m1/s1. The van der Waals surface area contributed by atoms with E-state index in [4.69, 9.17) is 16.7 Å². The molecule has 1 aliphatic rings. The van der Waals surface area contributed by atoms with Gasteiger partial charge in [-0.25, -0.2) is 0 Å². The summed E-state index contributed by atoms with van der Waals surface area (Å²) in [5, 5.41) is 8.43.